The highest BCUT2D eigenvalue weighted by molar-refractivity contribution is 6.31. The maximum atomic E-state index is 13.5. The molecule has 1 unspecified atom stereocenters. The number of halogens is 1. The molecule has 4 rings (SSSR count). The van der Waals surface area contributed by atoms with Crippen LogP contribution >= 0.6 is 11.6 Å². The highest BCUT2D eigenvalue weighted by atomic mass is 35.5. The summed E-state index contributed by atoms with van der Waals surface area (Å²) in [7, 11) is 0. The molecule has 2 amide bonds. The van der Waals surface area contributed by atoms with E-state index in [9.17, 15) is 24.6 Å². The molecular weight excluding hydrogens is 496 g/mol. The van der Waals surface area contributed by atoms with E-state index in [2.05, 4.69) is 10.6 Å². The number of anilines is 1. The van der Waals surface area contributed by atoms with Crippen LogP contribution in [0.3, 0.4) is 0 Å². The Balaban J connectivity index is 1.69. The largest absolute Gasteiger partial charge is 0.505 e. The van der Waals surface area contributed by atoms with Gasteiger partial charge >= 0.3 is 12.0 Å². The molecule has 37 heavy (non-hydrogen) atoms. The number of urea groups is 1. The number of amides is 2. The number of carbonyl (C=O) groups is 2. The first-order chi connectivity index (χ1) is 17.8. The second-order valence-corrected chi connectivity index (χ2v) is 8.83. The maximum Gasteiger partial charge on any atom is 0.319 e. The SMILES string of the molecule is NCc1ccc(C(CC(=O)O)NC(=O)Nc2c(O)c3ccccc3n(Cc3ccccc3Cl)c2=O)cc1. The molecule has 1 atom stereocenters. The van der Waals surface area contributed by atoms with Gasteiger partial charge in [0.2, 0.25) is 0 Å². The van der Waals surface area contributed by atoms with Crippen molar-refractivity contribution in [3.63, 3.8) is 0 Å². The molecular formula is C27H25ClN4O5. The van der Waals surface area contributed by atoms with Crippen molar-refractivity contribution < 1.29 is 19.8 Å². The lowest BCUT2D eigenvalue weighted by Crippen LogP contribution is -2.36. The van der Waals surface area contributed by atoms with Crippen LogP contribution in [0, 0.1) is 0 Å². The third kappa shape index (κ3) is 5.74. The van der Waals surface area contributed by atoms with Gasteiger partial charge in [-0.05, 0) is 34.9 Å². The van der Waals surface area contributed by atoms with Crippen LogP contribution < -0.4 is 21.9 Å². The summed E-state index contributed by atoms with van der Waals surface area (Å²) in [6.45, 7) is 0.421. The van der Waals surface area contributed by atoms with Gasteiger partial charge in [0.1, 0.15) is 0 Å². The smallest absolute Gasteiger partial charge is 0.319 e. The van der Waals surface area contributed by atoms with Gasteiger partial charge in [-0.2, -0.15) is 0 Å². The summed E-state index contributed by atoms with van der Waals surface area (Å²) in [6.07, 6.45) is -0.393. The summed E-state index contributed by atoms with van der Waals surface area (Å²) < 4.78 is 1.41. The van der Waals surface area contributed by atoms with Crippen molar-refractivity contribution in [1.29, 1.82) is 0 Å². The fourth-order valence-electron chi connectivity index (χ4n) is 4.08. The van der Waals surface area contributed by atoms with Crippen LogP contribution in [-0.4, -0.2) is 26.8 Å². The van der Waals surface area contributed by atoms with E-state index in [0.717, 1.165) is 5.56 Å². The zero-order valence-corrected chi connectivity index (χ0v) is 20.4. The number of nitrogens with two attached hydrogens (primary N) is 1. The summed E-state index contributed by atoms with van der Waals surface area (Å²) >= 11 is 6.31. The lowest BCUT2D eigenvalue weighted by Gasteiger charge is -2.20. The molecule has 9 nitrogen and oxygen atoms in total. The average molecular weight is 521 g/mol. The molecule has 0 radical (unpaired) electrons. The van der Waals surface area contributed by atoms with E-state index < -0.39 is 35.8 Å². The molecule has 1 heterocycles. The number of carboxylic acids is 1. The Morgan fingerprint density at radius 1 is 1.00 bits per heavy atom. The van der Waals surface area contributed by atoms with Gasteiger partial charge in [0, 0.05) is 17.0 Å². The van der Waals surface area contributed by atoms with E-state index in [0.29, 0.717) is 33.6 Å². The predicted molar refractivity (Wildman–Crippen MR) is 142 cm³/mol. The van der Waals surface area contributed by atoms with Crippen molar-refractivity contribution in [3.05, 3.63) is 105 Å². The van der Waals surface area contributed by atoms with Crippen LogP contribution in [0.1, 0.15) is 29.2 Å². The van der Waals surface area contributed by atoms with Gasteiger partial charge in [-0.3, -0.25) is 9.59 Å². The van der Waals surface area contributed by atoms with E-state index in [-0.39, 0.29) is 12.2 Å². The Morgan fingerprint density at radius 3 is 2.35 bits per heavy atom. The Bertz CT molecular complexity index is 1520. The van der Waals surface area contributed by atoms with Crippen LogP contribution in [0.5, 0.6) is 5.75 Å². The van der Waals surface area contributed by atoms with Crippen molar-refractivity contribution >= 4 is 40.2 Å². The van der Waals surface area contributed by atoms with Crippen LogP contribution in [-0.2, 0) is 17.9 Å². The number of hydrogen-bond donors (Lipinski definition) is 5. The van der Waals surface area contributed by atoms with E-state index >= 15 is 0 Å². The number of benzene rings is 3. The highest BCUT2D eigenvalue weighted by Gasteiger charge is 2.22. The minimum Gasteiger partial charge on any atom is -0.505 e. The van der Waals surface area contributed by atoms with E-state index in [1.165, 1.54) is 4.57 Å². The molecule has 0 fully saturated rings. The first-order valence-corrected chi connectivity index (χ1v) is 11.8. The number of hydrogen-bond acceptors (Lipinski definition) is 5. The van der Waals surface area contributed by atoms with Gasteiger partial charge in [0.05, 0.1) is 24.5 Å². The number of fused-ring (bicyclic) bond motifs is 1. The lowest BCUT2D eigenvalue weighted by molar-refractivity contribution is -0.137. The Kier molecular flexibility index (Phi) is 7.76. The molecule has 0 spiro atoms. The molecule has 4 aromatic rings. The number of carboxylic acid groups (broad SMARTS) is 1. The van der Waals surface area contributed by atoms with Gasteiger partial charge in [-0.1, -0.05) is 66.2 Å². The zero-order chi connectivity index (χ0) is 26.5. The predicted octanol–water partition coefficient (Wildman–Crippen LogP) is 4.21. The molecule has 190 valence electrons. The van der Waals surface area contributed by atoms with Crippen molar-refractivity contribution in [2.24, 2.45) is 5.73 Å². The van der Waals surface area contributed by atoms with Gasteiger partial charge in [0.15, 0.2) is 11.4 Å². The zero-order valence-electron chi connectivity index (χ0n) is 19.6. The molecule has 0 aliphatic rings. The minimum atomic E-state index is -1.12. The third-order valence-corrected chi connectivity index (χ3v) is 6.34. The number of nitrogens with zero attached hydrogens (tertiary/aromatic N) is 1. The van der Waals surface area contributed by atoms with Crippen LogP contribution in [0.15, 0.2) is 77.6 Å². The molecule has 6 N–H and O–H groups in total. The number of aliphatic carboxylic acids is 1. The number of aromatic nitrogens is 1. The summed E-state index contributed by atoms with van der Waals surface area (Å²) in [5.41, 5.74) is 7.18. The Morgan fingerprint density at radius 2 is 1.68 bits per heavy atom. The fourth-order valence-corrected chi connectivity index (χ4v) is 4.27. The van der Waals surface area contributed by atoms with Crippen molar-refractivity contribution in [3.8, 4) is 5.75 Å². The van der Waals surface area contributed by atoms with E-state index in [1.807, 2.05) is 0 Å². The Hall–Kier alpha value is -4.34. The number of carbonyl (C=O) groups excluding carboxylic acids is 1. The summed E-state index contributed by atoms with van der Waals surface area (Å²) in [5, 5.41) is 26.1. The molecule has 0 bridgehead atoms. The second kappa shape index (κ2) is 11.2. The molecule has 0 aliphatic heterocycles. The fraction of sp³-hybridized carbons (Fsp3) is 0.148. The number of pyridine rings is 1. The summed E-state index contributed by atoms with van der Waals surface area (Å²) in [4.78, 5) is 37.9. The van der Waals surface area contributed by atoms with Crippen molar-refractivity contribution in [2.75, 3.05) is 5.32 Å². The molecule has 3 aromatic carbocycles. The quantitative estimate of drug-likeness (QED) is 0.235. The topological polar surface area (TPSA) is 147 Å². The van der Waals surface area contributed by atoms with Crippen molar-refractivity contribution in [1.82, 2.24) is 9.88 Å². The molecule has 0 saturated carbocycles. The summed E-state index contributed by atoms with van der Waals surface area (Å²) in [6, 6.07) is 18.9. The number of para-hydroxylation sites is 1. The number of aromatic hydroxyl groups is 1. The number of nitrogens with one attached hydrogen (secondary N) is 2. The first kappa shape index (κ1) is 25.7. The molecule has 0 aliphatic carbocycles. The highest BCUT2D eigenvalue weighted by Crippen LogP contribution is 2.30. The van der Waals surface area contributed by atoms with Gasteiger partial charge in [0.25, 0.3) is 5.56 Å². The van der Waals surface area contributed by atoms with Gasteiger partial charge < -0.3 is 31.1 Å². The van der Waals surface area contributed by atoms with Gasteiger partial charge in [-0.15, -0.1) is 0 Å². The van der Waals surface area contributed by atoms with Gasteiger partial charge in [-0.25, -0.2) is 4.79 Å². The van der Waals surface area contributed by atoms with Crippen molar-refractivity contribution in [2.45, 2.75) is 25.6 Å². The summed E-state index contributed by atoms with van der Waals surface area (Å²) in [5.74, 6) is -1.52. The van der Waals surface area contributed by atoms with E-state index in [1.54, 1.807) is 72.8 Å². The average Bonchev–Trinajstić information content (AvgIpc) is 2.89. The van der Waals surface area contributed by atoms with Crippen LogP contribution in [0.2, 0.25) is 5.02 Å². The molecule has 0 saturated heterocycles. The minimum absolute atomic E-state index is 0.102. The lowest BCUT2D eigenvalue weighted by atomic mass is 10.0. The Labute approximate surface area is 217 Å². The third-order valence-electron chi connectivity index (χ3n) is 5.97. The van der Waals surface area contributed by atoms with E-state index in [4.69, 9.17) is 17.3 Å². The van der Waals surface area contributed by atoms with Crippen LogP contribution in [0.4, 0.5) is 10.5 Å². The maximum absolute atomic E-state index is 13.5. The second-order valence-electron chi connectivity index (χ2n) is 8.42. The van der Waals surface area contributed by atoms with Crippen LogP contribution in [0.25, 0.3) is 10.9 Å². The monoisotopic (exact) mass is 520 g/mol. The number of rotatable bonds is 8. The normalized spacial score (nSPS) is 11.7. The molecule has 10 heteroatoms. The standard InChI is InChI=1S/C27H25ClN4O5/c28-20-7-3-1-5-18(20)15-32-22-8-4-2-6-19(22)25(35)24(26(32)36)31-27(37)30-21(13-23(33)34)17-11-9-16(14-29)10-12-17/h1-12,21,35H,13-15,29H2,(H,33,34)(H2,30,31,37). The molecule has 1 aromatic heterocycles. The first-order valence-electron chi connectivity index (χ1n) is 11.4.